The maximum atomic E-state index is 12.5. The first-order valence-electron chi connectivity index (χ1n) is 8.37. The number of aryl methyl sites for hydroxylation is 1. The zero-order valence-corrected chi connectivity index (χ0v) is 15.7. The Balaban J connectivity index is 2.36. The third-order valence-electron chi connectivity index (χ3n) is 5.11. The number of benzene rings is 1. The zero-order chi connectivity index (χ0) is 18.3. The van der Waals surface area contributed by atoms with Gasteiger partial charge in [0.1, 0.15) is 0 Å². The van der Waals surface area contributed by atoms with Crippen molar-refractivity contribution in [3.8, 4) is 0 Å². The molecule has 0 saturated carbocycles. The van der Waals surface area contributed by atoms with Crippen molar-refractivity contribution in [1.29, 1.82) is 0 Å². The minimum atomic E-state index is -0.504. The molecule has 2 rings (SSSR count). The summed E-state index contributed by atoms with van der Waals surface area (Å²) in [5, 5.41) is 11.9. The van der Waals surface area contributed by atoms with Crippen LogP contribution in [0.25, 0.3) is 0 Å². The number of aliphatic hydroxyl groups excluding tert-OH is 1. The molecule has 1 aliphatic rings. The fourth-order valence-corrected chi connectivity index (χ4v) is 2.59. The highest BCUT2D eigenvalue weighted by Crippen LogP contribution is 2.36. The Morgan fingerprint density at radius 1 is 1.21 bits per heavy atom. The van der Waals surface area contributed by atoms with Crippen molar-refractivity contribution in [1.82, 2.24) is 5.32 Å². The molecule has 6 heteroatoms. The number of carbonyl (C=O) groups excluding carboxylic acids is 1. The molecule has 24 heavy (non-hydrogen) atoms. The van der Waals surface area contributed by atoms with Gasteiger partial charge in [0.2, 0.25) is 0 Å². The third kappa shape index (κ3) is 3.51. The lowest BCUT2D eigenvalue weighted by atomic mass is 9.76. The van der Waals surface area contributed by atoms with E-state index in [0.29, 0.717) is 5.56 Å². The summed E-state index contributed by atoms with van der Waals surface area (Å²) in [5.74, 6) is -0.199. The maximum absolute atomic E-state index is 12.5. The van der Waals surface area contributed by atoms with Gasteiger partial charge in [0, 0.05) is 11.6 Å². The lowest BCUT2D eigenvalue weighted by molar-refractivity contribution is 0.00578. The highest BCUT2D eigenvalue weighted by atomic mass is 16.7. The number of rotatable bonds is 4. The average Bonchev–Trinajstić information content (AvgIpc) is 2.69. The first-order valence-corrected chi connectivity index (χ1v) is 8.37. The lowest BCUT2D eigenvalue weighted by Crippen LogP contribution is -2.41. The number of hydrogen-bond acceptors (Lipinski definition) is 4. The summed E-state index contributed by atoms with van der Waals surface area (Å²) in [4.78, 5) is 12.5. The van der Waals surface area contributed by atoms with Crippen LogP contribution in [0.2, 0.25) is 0 Å². The molecule has 0 radical (unpaired) electrons. The molecule has 1 aromatic rings. The number of aliphatic hydroxyl groups is 1. The summed E-state index contributed by atoms with van der Waals surface area (Å²) < 4.78 is 12.2. The molecular formula is C18H28BNO4. The van der Waals surface area contributed by atoms with E-state index in [2.05, 4.69) is 5.32 Å². The Kier molecular flexibility index (Phi) is 5.14. The zero-order valence-electron chi connectivity index (χ0n) is 15.7. The largest absolute Gasteiger partial charge is 0.494 e. The van der Waals surface area contributed by atoms with Gasteiger partial charge in [-0.3, -0.25) is 4.79 Å². The lowest BCUT2D eigenvalue weighted by Gasteiger charge is -2.32. The van der Waals surface area contributed by atoms with Gasteiger partial charge >= 0.3 is 7.12 Å². The molecule has 1 saturated heterocycles. The summed E-state index contributed by atoms with van der Waals surface area (Å²) >= 11 is 0. The first kappa shape index (κ1) is 19.0. The number of carbonyl (C=O) groups is 1. The predicted octanol–water partition coefficient (Wildman–Crippen LogP) is 1.71. The van der Waals surface area contributed by atoms with Crippen LogP contribution in [0.1, 0.15) is 56.1 Å². The Hall–Kier alpha value is -1.37. The van der Waals surface area contributed by atoms with Gasteiger partial charge < -0.3 is 19.7 Å². The third-order valence-corrected chi connectivity index (χ3v) is 5.11. The molecule has 1 atom stereocenters. The van der Waals surface area contributed by atoms with Crippen molar-refractivity contribution < 1.29 is 19.2 Å². The maximum Gasteiger partial charge on any atom is 0.494 e. The van der Waals surface area contributed by atoms with Crippen molar-refractivity contribution in [3.63, 3.8) is 0 Å². The number of hydrogen-bond donors (Lipinski definition) is 2. The fraction of sp³-hybridized carbons (Fsp3) is 0.611. The summed E-state index contributed by atoms with van der Waals surface area (Å²) in [7, 11) is -0.504. The van der Waals surface area contributed by atoms with Crippen LogP contribution < -0.4 is 10.8 Å². The SMILES string of the molecule is Cc1cc(B2OC(C)(C)C(C)(C)O2)cc(C(=O)NC(C)CO)c1C. The second-order valence-electron chi connectivity index (χ2n) is 7.66. The van der Waals surface area contributed by atoms with Gasteiger partial charge in [-0.25, -0.2) is 0 Å². The van der Waals surface area contributed by atoms with Crippen LogP contribution in [0.3, 0.4) is 0 Å². The Morgan fingerprint density at radius 3 is 2.25 bits per heavy atom. The molecule has 0 aliphatic carbocycles. The van der Waals surface area contributed by atoms with Crippen molar-refractivity contribution in [3.05, 3.63) is 28.8 Å². The average molecular weight is 333 g/mol. The quantitative estimate of drug-likeness (QED) is 0.824. The van der Waals surface area contributed by atoms with Crippen LogP contribution in [-0.2, 0) is 9.31 Å². The second-order valence-corrected chi connectivity index (χ2v) is 7.66. The molecule has 1 fully saturated rings. The van der Waals surface area contributed by atoms with Crippen LogP contribution in [-0.4, -0.2) is 42.0 Å². The monoisotopic (exact) mass is 333 g/mol. The van der Waals surface area contributed by atoms with E-state index in [1.165, 1.54) is 0 Å². The van der Waals surface area contributed by atoms with Crippen LogP contribution in [0.4, 0.5) is 0 Å². The van der Waals surface area contributed by atoms with Crippen molar-refractivity contribution in [2.24, 2.45) is 0 Å². The van der Waals surface area contributed by atoms with E-state index in [9.17, 15) is 4.79 Å². The normalized spacial score (nSPS) is 20.1. The summed E-state index contributed by atoms with van der Waals surface area (Å²) in [5.41, 5.74) is 2.48. The van der Waals surface area contributed by atoms with Crippen molar-refractivity contribution >= 4 is 18.5 Å². The summed E-state index contributed by atoms with van der Waals surface area (Å²) in [6.07, 6.45) is 0. The molecule has 1 heterocycles. The topological polar surface area (TPSA) is 67.8 Å². The van der Waals surface area contributed by atoms with E-state index >= 15 is 0 Å². The van der Waals surface area contributed by atoms with Gasteiger partial charge in [-0.05, 0) is 71.1 Å². The standard InChI is InChI=1S/C18H28BNO4/c1-11-8-14(19-23-17(4,5)18(6,7)24-19)9-15(13(11)3)16(22)20-12(2)10-21/h8-9,12,21H,10H2,1-7H3,(H,20,22). The van der Waals surface area contributed by atoms with Gasteiger partial charge in [0.05, 0.1) is 17.8 Å². The van der Waals surface area contributed by atoms with E-state index in [0.717, 1.165) is 16.6 Å². The Bertz CT molecular complexity index is 626. The van der Waals surface area contributed by atoms with Gasteiger partial charge in [0.25, 0.3) is 5.91 Å². The van der Waals surface area contributed by atoms with E-state index < -0.39 is 18.3 Å². The second kappa shape index (κ2) is 6.50. The van der Waals surface area contributed by atoms with Crippen molar-refractivity contribution in [2.75, 3.05) is 6.61 Å². The van der Waals surface area contributed by atoms with Crippen LogP contribution >= 0.6 is 0 Å². The highest BCUT2D eigenvalue weighted by Gasteiger charge is 2.51. The van der Waals surface area contributed by atoms with Crippen LogP contribution in [0.5, 0.6) is 0 Å². The Labute approximate surface area is 144 Å². The van der Waals surface area contributed by atoms with Crippen molar-refractivity contribution in [2.45, 2.75) is 65.7 Å². The molecule has 1 amide bonds. The minimum Gasteiger partial charge on any atom is -0.399 e. The Morgan fingerprint density at radius 2 is 1.75 bits per heavy atom. The van der Waals surface area contributed by atoms with E-state index in [4.69, 9.17) is 14.4 Å². The molecular weight excluding hydrogens is 305 g/mol. The summed E-state index contributed by atoms with van der Waals surface area (Å²) in [6.45, 7) is 13.6. The minimum absolute atomic E-state index is 0.0965. The van der Waals surface area contributed by atoms with Gasteiger partial charge in [0.15, 0.2) is 0 Å². The molecule has 0 bridgehead atoms. The van der Waals surface area contributed by atoms with Crippen LogP contribution in [0, 0.1) is 13.8 Å². The molecule has 1 aromatic carbocycles. The smallest absolute Gasteiger partial charge is 0.399 e. The van der Waals surface area contributed by atoms with E-state index in [1.807, 2.05) is 53.7 Å². The van der Waals surface area contributed by atoms with Crippen LogP contribution in [0.15, 0.2) is 12.1 Å². The molecule has 0 aromatic heterocycles. The van der Waals surface area contributed by atoms with E-state index in [1.54, 1.807) is 6.92 Å². The van der Waals surface area contributed by atoms with Gasteiger partial charge in [-0.1, -0.05) is 6.07 Å². The van der Waals surface area contributed by atoms with Gasteiger partial charge in [-0.15, -0.1) is 0 Å². The molecule has 2 N–H and O–H groups in total. The molecule has 0 spiro atoms. The number of nitrogens with one attached hydrogen (secondary N) is 1. The molecule has 1 aliphatic heterocycles. The molecule has 132 valence electrons. The highest BCUT2D eigenvalue weighted by molar-refractivity contribution is 6.62. The summed E-state index contributed by atoms with van der Waals surface area (Å²) in [6, 6.07) is 3.53. The molecule has 1 unspecified atom stereocenters. The first-order chi connectivity index (χ1) is 11.0. The van der Waals surface area contributed by atoms with Gasteiger partial charge in [-0.2, -0.15) is 0 Å². The predicted molar refractivity (Wildman–Crippen MR) is 95.6 cm³/mol. The molecule has 5 nitrogen and oxygen atoms in total. The number of amides is 1. The fourth-order valence-electron chi connectivity index (χ4n) is 2.59. The van der Waals surface area contributed by atoms with E-state index in [-0.39, 0.29) is 18.6 Å².